The van der Waals surface area contributed by atoms with Crippen LogP contribution in [0.25, 0.3) is 10.1 Å². The molecule has 1 aromatic heterocycles. The van der Waals surface area contributed by atoms with Crippen LogP contribution in [0.4, 0.5) is 5.69 Å². The first-order valence-electron chi connectivity index (χ1n) is 9.02. The fraction of sp³-hybridized carbons (Fsp3) is 0.318. The zero-order chi connectivity index (χ0) is 17.2. The van der Waals surface area contributed by atoms with Gasteiger partial charge in [-0.2, -0.15) is 0 Å². The van der Waals surface area contributed by atoms with Gasteiger partial charge in [0.2, 0.25) is 5.43 Å². The van der Waals surface area contributed by atoms with Crippen LogP contribution >= 0.6 is 11.3 Å². The van der Waals surface area contributed by atoms with Crippen molar-refractivity contribution in [1.82, 2.24) is 0 Å². The van der Waals surface area contributed by atoms with Gasteiger partial charge in [-0.15, -0.1) is 11.3 Å². The van der Waals surface area contributed by atoms with E-state index >= 15 is 0 Å². The number of rotatable bonds is 3. The topological polar surface area (TPSA) is 20.3 Å². The van der Waals surface area contributed by atoms with Gasteiger partial charge < -0.3 is 4.90 Å². The first-order chi connectivity index (χ1) is 12.2. The average molecular weight is 349 g/mol. The zero-order valence-electron chi connectivity index (χ0n) is 14.6. The standard InChI is InChI=1S/C22H23NOS/c1-16-7-8-21-19(13-16)22(24)20(15-25-21)23-11-9-18(10-12-23)14-17-5-3-2-4-6-17/h2-8,13,15,18H,9-12,14H2,1H3. The van der Waals surface area contributed by atoms with Gasteiger partial charge in [-0.25, -0.2) is 0 Å². The second kappa shape index (κ2) is 7.01. The second-order valence-corrected chi connectivity index (χ2v) is 7.98. The number of fused-ring (bicyclic) bond motifs is 1. The molecule has 0 unspecified atom stereocenters. The van der Waals surface area contributed by atoms with E-state index in [1.54, 1.807) is 11.3 Å². The molecule has 0 radical (unpaired) electrons. The molecule has 128 valence electrons. The summed E-state index contributed by atoms with van der Waals surface area (Å²) in [6.07, 6.45) is 3.47. The number of piperidine rings is 1. The summed E-state index contributed by atoms with van der Waals surface area (Å²) < 4.78 is 1.08. The van der Waals surface area contributed by atoms with E-state index in [-0.39, 0.29) is 5.43 Å². The van der Waals surface area contributed by atoms with Crippen LogP contribution in [0.15, 0.2) is 58.7 Å². The van der Waals surface area contributed by atoms with Crippen LogP contribution in [-0.2, 0) is 6.42 Å². The minimum atomic E-state index is 0.193. The Morgan fingerprint density at radius 1 is 1.08 bits per heavy atom. The van der Waals surface area contributed by atoms with E-state index in [1.807, 2.05) is 13.0 Å². The van der Waals surface area contributed by atoms with Gasteiger partial charge in [-0.05, 0) is 49.8 Å². The third-order valence-corrected chi connectivity index (χ3v) is 6.18. The van der Waals surface area contributed by atoms with Crippen molar-refractivity contribution in [2.45, 2.75) is 26.2 Å². The van der Waals surface area contributed by atoms with Crippen LogP contribution in [0.2, 0.25) is 0 Å². The zero-order valence-corrected chi connectivity index (χ0v) is 15.4. The highest BCUT2D eigenvalue weighted by Crippen LogP contribution is 2.27. The maximum atomic E-state index is 12.9. The van der Waals surface area contributed by atoms with Gasteiger partial charge in [0, 0.05) is 28.6 Å². The van der Waals surface area contributed by atoms with E-state index in [4.69, 9.17) is 0 Å². The normalized spacial score (nSPS) is 15.6. The molecule has 0 N–H and O–H groups in total. The number of benzene rings is 2. The quantitative estimate of drug-likeness (QED) is 0.661. The van der Waals surface area contributed by atoms with Crippen molar-refractivity contribution in [2.75, 3.05) is 18.0 Å². The summed E-state index contributed by atoms with van der Waals surface area (Å²) in [5.74, 6) is 0.722. The van der Waals surface area contributed by atoms with Gasteiger partial charge in [0.25, 0.3) is 0 Å². The van der Waals surface area contributed by atoms with Gasteiger partial charge in [0.15, 0.2) is 0 Å². The van der Waals surface area contributed by atoms with Crippen molar-refractivity contribution in [3.63, 3.8) is 0 Å². The van der Waals surface area contributed by atoms with Crippen LogP contribution < -0.4 is 10.3 Å². The molecule has 25 heavy (non-hydrogen) atoms. The highest BCUT2D eigenvalue weighted by Gasteiger charge is 2.21. The first-order valence-corrected chi connectivity index (χ1v) is 9.90. The highest BCUT2D eigenvalue weighted by molar-refractivity contribution is 7.16. The molecule has 0 saturated carbocycles. The van der Waals surface area contributed by atoms with Gasteiger partial charge in [-0.3, -0.25) is 4.79 Å². The van der Waals surface area contributed by atoms with Gasteiger partial charge in [0.05, 0.1) is 5.69 Å². The Morgan fingerprint density at radius 2 is 1.84 bits per heavy atom. The predicted molar refractivity (Wildman–Crippen MR) is 108 cm³/mol. The summed E-state index contributed by atoms with van der Waals surface area (Å²) in [5, 5.41) is 2.92. The van der Waals surface area contributed by atoms with E-state index < -0.39 is 0 Å². The maximum absolute atomic E-state index is 12.9. The molecule has 0 spiro atoms. The van der Waals surface area contributed by atoms with Crippen LogP contribution in [0.3, 0.4) is 0 Å². The molecule has 0 atom stereocenters. The highest BCUT2D eigenvalue weighted by atomic mass is 32.1. The number of hydrogen-bond acceptors (Lipinski definition) is 3. The Hall–Kier alpha value is -2.13. The maximum Gasteiger partial charge on any atom is 0.211 e. The number of nitrogens with zero attached hydrogens (tertiary/aromatic N) is 1. The molecule has 2 aromatic carbocycles. The molecular weight excluding hydrogens is 326 g/mol. The van der Waals surface area contributed by atoms with Crippen molar-refractivity contribution < 1.29 is 0 Å². The van der Waals surface area contributed by atoms with Crippen molar-refractivity contribution in [2.24, 2.45) is 5.92 Å². The Labute approximate surface area is 152 Å². The fourth-order valence-corrected chi connectivity index (χ4v) is 4.70. The van der Waals surface area contributed by atoms with Crippen LogP contribution in [-0.4, -0.2) is 13.1 Å². The Balaban J connectivity index is 1.50. The van der Waals surface area contributed by atoms with Crippen molar-refractivity contribution in [3.8, 4) is 0 Å². The number of aryl methyl sites for hydroxylation is 1. The summed E-state index contributed by atoms with van der Waals surface area (Å²) in [7, 11) is 0. The molecule has 1 fully saturated rings. The van der Waals surface area contributed by atoms with Crippen molar-refractivity contribution >= 4 is 27.1 Å². The second-order valence-electron chi connectivity index (χ2n) is 7.07. The molecule has 0 amide bonds. The summed E-state index contributed by atoms with van der Waals surface area (Å²) in [6, 6.07) is 16.9. The van der Waals surface area contributed by atoms with E-state index in [0.29, 0.717) is 0 Å². The van der Waals surface area contributed by atoms with E-state index in [0.717, 1.165) is 59.6 Å². The molecule has 1 aliphatic heterocycles. The summed E-state index contributed by atoms with van der Waals surface area (Å²) >= 11 is 1.68. The van der Waals surface area contributed by atoms with Gasteiger partial charge in [0.1, 0.15) is 0 Å². The minimum absolute atomic E-state index is 0.193. The molecule has 1 saturated heterocycles. The molecule has 3 heteroatoms. The van der Waals surface area contributed by atoms with E-state index in [9.17, 15) is 4.79 Å². The lowest BCUT2D eigenvalue weighted by atomic mass is 9.90. The number of anilines is 1. The SMILES string of the molecule is Cc1ccc2scc(N3CCC(Cc4ccccc4)CC3)c(=O)c2c1. The van der Waals surface area contributed by atoms with Crippen LogP contribution in [0, 0.1) is 12.8 Å². The monoisotopic (exact) mass is 349 g/mol. The van der Waals surface area contributed by atoms with Crippen LogP contribution in [0.5, 0.6) is 0 Å². The van der Waals surface area contributed by atoms with Crippen molar-refractivity contribution in [3.05, 3.63) is 75.3 Å². The van der Waals surface area contributed by atoms with E-state index in [2.05, 4.69) is 52.7 Å². The Morgan fingerprint density at radius 3 is 2.60 bits per heavy atom. The summed E-state index contributed by atoms with van der Waals surface area (Å²) in [6.45, 7) is 4.01. The van der Waals surface area contributed by atoms with Crippen molar-refractivity contribution in [1.29, 1.82) is 0 Å². The molecule has 4 rings (SSSR count). The molecule has 0 aliphatic carbocycles. The molecule has 1 aliphatic rings. The Kier molecular flexibility index (Phi) is 4.58. The van der Waals surface area contributed by atoms with Gasteiger partial charge in [-0.1, -0.05) is 42.0 Å². The smallest absolute Gasteiger partial charge is 0.211 e. The first kappa shape index (κ1) is 16.3. The Bertz CT molecular complexity index is 924. The molecule has 0 bridgehead atoms. The molecular formula is C22H23NOS. The third-order valence-electron chi connectivity index (χ3n) is 5.23. The average Bonchev–Trinajstić information content (AvgIpc) is 2.64. The lowest BCUT2D eigenvalue weighted by Gasteiger charge is -2.33. The number of hydrogen-bond donors (Lipinski definition) is 0. The molecule has 3 aromatic rings. The lowest BCUT2D eigenvalue weighted by molar-refractivity contribution is 0.403. The molecule has 2 nitrogen and oxygen atoms in total. The summed E-state index contributed by atoms with van der Waals surface area (Å²) in [5.41, 5.74) is 3.66. The largest absolute Gasteiger partial charge is 0.368 e. The summed E-state index contributed by atoms with van der Waals surface area (Å²) in [4.78, 5) is 15.2. The van der Waals surface area contributed by atoms with E-state index in [1.165, 1.54) is 5.56 Å². The lowest BCUT2D eigenvalue weighted by Crippen LogP contribution is -2.36. The minimum Gasteiger partial charge on any atom is -0.368 e. The predicted octanol–water partition coefficient (Wildman–Crippen LogP) is 5.03. The fourth-order valence-electron chi connectivity index (χ4n) is 3.78. The molecule has 2 heterocycles. The third kappa shape index (κ3) is 3.47. The van der Waals surface area contributed by atoms with Crippen LogP contribution in [0.1, 0.15) is 24.0 Å². The van der Waals surface area contributed by atoms with Gasteiger partial charge >= 0.3 is 0 Å².